The zero-order valence-corrected chi connectivity index (χ0v) is 15.5. The Kier molecular flexibility index (Phi) is 5.43. The lowest BCUT2D eigenvalue weighted by Crippen LogP contribution is -2.42. The fourth-order valence-electron chi connectivity index (χ4n) is 3.20. The molecule has 1 aliphatic rings. The van der Waals surface area contributed by atoms with Gasteiger partial charge in [0.05, 0.1) is 7.11 Å². The summed E-state index contributed by atoms with van der Waals surface area (Å²) in [6.07, 6.45) is 5.01. The average molecular weight is 406 g/mol. The molecule has 0 bridgehead atoms. The van der Waals surface area contributed by atoms with Crippen LogP contribution in [0.5, 0.6) is 5.75 Å². The summed E-state index contributed by atoms with van der Waals surface area (Å²) in [7, 11) is 1.65. The Bertz CT molecular complexity index is 788. The summed E-state index contributed by atoms with van der Waals surface area (Å²) in [5, 5.41) is 0. The third-order valence-electron chi connectivity index (χ3n) is 4.43. The van der Waals surface area contributed by atoms with Crippen molar-refractivity contribution in [1.82, 2.24) is 15.8 Å². The molecule has 132 valence electrons. The zero-order valence-electron chi connectivity index (χ0n) is 13.9. The lowest BCUT2D eigenvalue weighted by Gasteiger charge is -2.25. The van der Waals surface area contributed by atoms with E-state index < -0.39 is 0 Å². The van der Waals surface area contributed by atoms with E-state index in [1.54, 1.807) is 19.4 Å². The predicted molar refractivity (Wildman–Crippen MR) is 97.4 cm³/mol. The monoisotopic (exact) mass is 405 g/mol. The Balaban J connectivity index is 1.58. The number of hydrogen-bond donors (Lipinski definition) is 3. The van der Waals surface area contributed by atoms with Gasteiger partial charge < -0.3 is 9.72 Å². The second-order valence-corrected chi connectivity index (χ2v) is 7.01. The van der Waals surface area contributed by atoms with Crippen LogP contribution >= 0.6 is 15.9 Å². The molecule has 3 N–H and O–H groups in total. The lowest BCUT2D eigenvalue weighted by molar-refractivity contribution is -0.122. The first-order chi connectivity index (χ1) is 12.1. The van der Waals surface area contributed by atoms with Crippen LogP contribution in [0, 0.1) is 0 Å². The van der Waals surface area contributed by atoms with Crippen molar-refractivity contribution in [2.24, 2.45) is 0 Å². The van der Waals surface area contributed by atoms with Crippen LogP contribution in [0.4, 0.5) is 0 Å². The number of aromatic nitrogens is 1. The third kappa shape index (κ3) is 4.22. The van der Waals surface area contributed by atoms with Gasteiger partial charge in [-0.15, -0.1) is 0 Å². The number of H-pyrrole nitrogens is 1. The number of fused-ring (bicyclic) bond motifs is 1. The number of benzene rings is 1. The summed E-state index contributed by atoms with van der Waals surface area (Å²) in [6.45, 7) is 0. The number of rotatable bonds is 4. The molecule has 2 amide bonds. The fraction of sp³-hybridized carbons (Fsp3) is 0.333. The molecule has 1 atom stereocenters. The number of hydrazine groups is 1. The minimum Gasteiger partial charge on any atom is -0.497 e. The normalized spacial score (nSPS) is 16.0. The Morgan fingerprint density at radius 2 is 2.16 bits per heavy atom. The van der Waals surface area contributed by atoms with Gasteiger partial charge in [-0.25, -0.2) is 0 Å². The molecule has 0 fully saturated rings. The standard InChI is InChI=1S/C18H20BrN3O3/c1-25-14-5-6-15-11(7-14)3-2-4-12(15)8-17(23)21-22-18(24)16-9-13(19)10-20-16/h5-7,9-10,12,20H,2-4,8H2,1H3,(H,21,23)(H,22,24). The van der Waals surface area contributed by atoms with E-state index in [0.29, 0.717) is 12.1 Å². The first kappa shape index (κ1) is 17.5. The second kappa shape index (κ2) is 7.74. The summed E-state index contributed by atoms with van der Waals surface area (Å²) in [6, 6.07) is 7.66. The SMILES string of the molecule is COc1ccc2c(c1)CCCC2CC(=O)NNC(=O)c1cc(Br)c[nH]1. The van der Waals surface area contributed by atoms with E-state index in [4.69, 9.17) is 4.74 Å². The zero-order chi connectivity index (χ0) is 17.8. The molecular formula is C18H20BrN3O3. The molecule has 1 heterocycles. The third-order valence-corrected chi connectivity index (χ3v) is 4.89. The Morgan fingerprint density at radius 3 is 2.88 bits per heavy atom. The van der Waals surface area contributed by atoms with Gasteiger partial charge in [-0.3, -0.25) is 20.4 Å². The summed E-state index contributed by atoms with van der Waals surface area (Å²) >= 11 is 3.26. The Hall–Kier alpha value is -2.28. The van der Waals surface area contributed by atoms with Crippen LogP contribution in [-0.4, -0.2) is 23.9 Å². The van der Waals surface area contributed by atoms with Crippen molar-refractivity contribution in [2.45, 2.75) is 31.6 Å². The van der Waals surface area contributed by atoms with Crippen molar-refractivity contribution < 1.29 is 14.3 Å². The van der Waals surface area contributed by atoms with Crippen LogP contribution in [0.25, 0.3) is 0 Å². The van der Waals surface area contributed by atoms with Crippen LogP contribution in [0.15, 0.2) is 34.9 Å². The molecule has 1 unspecified atom stereocenters. The van der Waals surface area contributed by atoms with Crippen molar-refractivity contribution in [1.29, 1.82) is 0 Å². The maximum atomic E-state index is 12.2. The molecule has 0 spiro atoms. The first-order valence-electron chi connectivity index (χ1n) is 8.16. The molecule has 7 heteroatoms. The highest BCUT2D eigenvalue weighted by molar-refractivity contribution is 9.10. The largest absolute Gasteiger partial charge is 0.497 e. The number of carbonyl (C=O) groups excluding carboxylic acids is 2. The Morgan fingerprint density at radius 1 is 1.32 bits per heavy atom. The number of hydrogen-bond acceptors (Lipinski definition) is 3. The van der Waals surface area contributed by atoms with E-state index in [2.05, 4.69) is 31.8 Å². The van der Waals surface area contributed by atoms with Crippen LogP contribution in [0.2, 0.25) is 0 Å². The van der Waals surface area contributed by atoms with Crippen molar-refractivity contribution >= 4 is 27.7 Å². The molecule has 3 rings (SSSR count). The van der Waals surface area contributed by atoms with Crippen molar-refractivity contribution in [3.63, 3.8) is 0 Å². The molecule has 25 heavy (non-hydrogen) atoms. The quantitative estimate of drug-likeness (QED) is 0.683. The van der Waals surface area contributed by atoms with Gasteiger partial charge in [0, 0.05) is 17.1 Å². The molecule has 1 aliphatic carbocycles. The van der Waals surface area contributed by atoms with Gasteiger partial charge >= 0.3 is 0 Å². The highest BCUT2D eigenvalue weighted by Gasteiger charge is 2.23. The fourth-order valence-corrected chi connectivity index (χ4v) is 3.54. The van der Waals surface area contributed by atoms with Crippen molar-refractivity contribution in [3.05, 3.63) is 51.8 Å². The van der Waals surface area contributed by atoms with E-state index in [-0.39, 0.29) is 17.7 Å². The molecule has 6 nitrogen and oxygen atoms in total. The number of carbonyl (C=O) groups is 2. The molecule has 1 aromatic heterocycles. The molecule has 0 saturated carbocycles. The van der Waals surface area contributed by atoms with Gasteiger partial charge in [-0.05, 0) is 70.4 Å². The van der Waals surface area contributed by atoms with Gasteiger partial charge in [-0.2, -0.15) is 0 Å². The summed E-state index contributed by atoms with van der Waals surface area (Å²) < 4.78 is 6.05. The van der Waals surface area contributed by atoms with Gasteiger partial charge in [0.2, 0.25) is 5.91 Å². The van der Waals surface area contributed by atoms with E-state index in [0.717, 1.165) is 29.5 Å². The number of methoxy groups -OCH3 is 1. The molecule has 0 radical (unpaired) electrons. The Labute approximate surface area is 154 Å². The molecule has 0 saturated heterocycles. The van der Waals surface area contributed by atoms with Crippen LogP contribution in [0.1, 0.15) is 46.8 Å². The summed E-state index contributed by atoms with van der Waals surface area (Å²) in [5.74, 6) is 0.417. The second-order valence-electron chi connectivity index (χ2n) is 6.09. The number of aryl methyl sites for hydroxylation is 1. The van der Waals surface area contributed by atoms with E-state index >= 15 is 0 Å². The van der Waals surface area contributed by atoms with E-state index in [9.17, 15) is 9.59 Å². The topological polar surface area (TPSA) is 83.2 Å². The van der Waals surface area contributed by atoms with Gasteiger partial charge in [0.15, 0.2) is 0 Å². The molecule has 2 aromatic rings. The number of halogens is 1. The molecule has 0 aliphatic heterocycles. The van der Waals surface area contributed by atoms with Crippen LogP contribution in [-0.2, 0) is 11.2 Å². The lowest BCUT2D eigenvalue weighted by atomic mass is 9.81. The number of aromatic amines is 1. The number of amides is 2. The highest BCUT2D eigenvalue weighted by atomic mass is 79.9. The van der Waals surface area contributed by atoms with Crippen molar-refractivity contribution in [2.75, 3.05) is 7.11 Å². The van der Waals surface area contributed by atoms with Gasteiger partial charge in [-0.1, -0.05) is 6.07 Å². The predicted octanol–water partition coefficient (Wildman–Crippen LogP) is 3.06. The average Bonchev–Trinajstić information content (AvgIpc) is 3.06. The van der Waals surface area contributed by atoms with E-state index in [1.807, 2.05) is 18.2 Å². The smallest absolute Gasteiger partial charge is 0.286 e. The van der Waals surface area contributed by atoms with Crippen LogP contribution < -0.4 is 15.6 Å². The maximum absolute atomic E-state index is 12.2. The van der Waals surface area contributed by atoms with Gasteiger partial charge in [0.1, 0.15) is 11.4 Å². The first-order valence-corrected chi connectivity index (χ1v) is 8.96. The minimum atomic E-state index is -0.382. The molecular weight excluding hydrogens is 386 g/mol. The van der Waals surface area contributed by atoms with Crippen LogP contribution in [0.3, 0.4) is 0 Å². The molecule has 1 aromatic carbocycles. The maximum Gasteiger partial charge on any atom is 0.286 e. The van der Waals surface area contributed by atoms with Gasteiger partial charge in [0.25, 0.3) is 5.91 Å². The number of nitrogens with one attached hydrogen (secondary N) is 3. The van der Waals surface area contributed by atoms with E-state index in [1.165, 1.54) is 11.1 Å². The number of ether oxygens (including phenoxy) is 1. The summed E-state index contributed by atoms with van der Waals surface area (Å²) in [4.78, 5) is 27.0. The van der Waals surface area contributed by atoms with Crippen molar-refractivity contribution in [3.8, 4) is 5.75 Å². The highest BCUT2D eigenvalue weighted by Crippen LogP contribution is 2.35. The minimum absolute atomic E-state index is 0.159. The summed E-state index contributed by atoms with van der Waals surface area (Å²) in [5.41, 5.74) is 7.74.